The van der Waals surface area contributed by atoms with Crippen molar-refractivity contribution in [2.45, 2.75) is 12.4 Å². The number of hydrogen-bond donors (Lipinski definition) is 0. The van der Waals surface area contributed by atoms with Gasteiger partial charge < -0.3 is 0 Å². The Morgan fingerprint density at radius 2 is 1.25 bits per heavy atom. The molecule has 0 N–H and O–H groups in total. The lowest BCUT2D eigenvalue weighted by atomic mass is 10.0. The molecule has 0 aliphatic heterocycles. The first-order valence-electron chi connectivity index (χ1n) is 3.92. The average Bonchev–Trinajstić information content (AvgIpc) is 2.13. The van der Waals surface area contributed by atoms with Crippen LogP contribution in [0, 0.1) is 12.3 Å². The van der Waals surface area contributed by atoms with Gasteiger partial charge in [-0.2, -0.15) is 26.3 Å². The van der Waals surface area contributed by atoms with Gasteiger partial charge in [-0.1, -0.05) is 12.0 Å². The second-order valence-electron chi connectivity index (χ2n) is 2.87. The van der Waals surface area contributed by atoms with Crippen LogP contribution in [0.5, 0.6) is 0 Å². The van der Waals surface area contributed by atoms with E-state index in [9.17, 15) is 26.3 Å². The molecule has 0 fully saturated rings. The summed E-state index contributed by atoms with van der Waals surface area (Å²) in [5.74, 6) is 1.44. The van der Waals surface area contributed by atoms with Crippen molar-refractivity contribution in [3.05, 3.63) is 34.9 Å². The lowest BCUT2D eigenvalue weighted by Crippen LogP contribution is -2.14. The molecule has 0 atom stereocenters. The summed E-state index contributed by atoms with van der Waals surface area (Å²) in [6.45, 7) is 0. The van der Waals surface area contributed by atoms with E-state index in [1.54, 1.807) is 0 Å². The Balaban J connectivity index is 3.53. The van der Waals surface area contributed by atoms with E-state index in [0.717, 1.165) is 0 Å². The fourth-order valence-electron chi connectivity index (χ4n) is 1.18. The molecule has 0 bridgehead atoms. The van der Waals surface area contributed by atoms with E-state index in [-0.39, 0.29) is 0 Å². The second-order valence-corrected chi connectivity index (χ2v) is 2.87. The van der Waals surface area contributed by atoms with E-state index >= 15 is 0 Å². The maximum absolute atomic E-state index is 12.3. The lowest BCUT2D eigenvalue weighted by Gasteiger charge is -2.14. The van der Waals surface area contributed by atoms with Crippen LogP contribution in [0.3, 0.4) is 0 Å². The summed E-state index contributed by atoms with van der Waals surface area (Å²) in [5, 5.41) is 0. The Morgan fingerprint density at radius 1 is 0.875 bits per heavy atom. The van der Waals surface area contributed by atoms with Crippen molar-refractivity contribution in [3.63, 3.8) is 0 Å². The SMILES string of the molecule is C#Cc1c(C(F)(F)F)cccc1C(F)(F)F. The van der Waals surface area contributed by atoms with Gasteiger partial charge in [0.05, 0.1) is 11.1 Å². The normalized spacial score (nSPS) is 12.3. The number of terminal acetylenes is 1. The van der Waals surface area contributed by atoms with Crippen LogP contribution < -0.4 is 0 Å². The van der Waals surface area contributed by atoms with Gasteiger partial charge in [-0.3, -0.25) is 0 Å². The van der Waals surface area contributed by atoms with Crippen molar-refractivity contribution in [1.82, 2.24) is 0 Å². The van der Waals surface area contributed by atoms with Gasteiger partial charge in [-0.15, -0.1) is 6.42 Å². The van der Waals surface area contributed by atoms with Gasteiger partial charge in [0.25, 0.3) is 0 Å². The van der Waals surface area contributed by atoms with Crippen LogP contribution in [-0.4, -0.2) is 0 Å². The summed E-state index contributed by atoms with van der Waals surface area (Å²) in [6, 6.07) is 1.71. The second kappa shape index (κ2) is 3.74. The number of hydrogen-bond acceptors (Lipinski definition) is 0. The summed E-state index contributed by atoms with van der Waals surface area (Å²) in [7, 11) is 0. The monoisotopic (exact) mass is 238 g/mol. The number of rotatable bonds is 0. The number of benzene rings is 1. The predicted molar refractivity (Wildman–Crippen MR) is 44.4 cm³/mol. The third-order valence-corrected chi connectivity index (χ3v) is 1.82. The van der Waals surface area contributed by atoms with Gasteiger partial charge >= 0.3 is 12.4 Å². The predicted octanol–water partition coefficient (Wildman–Crippen LogP) is 3.71. The molecule has 86 valence electrons. The van der Waals surface area contributed by atoms with Crippen LogP contribution in [-0.2, 0) is 12.4 Å². The van der Waals surface area contributed by atoms with E-state index < -0.39 is 29.0 Å². The van der Waals surface area contributed by atoms with Crippen LogP contribution in [0.15, 0.2) is 18.2 Å². The van der Waals surface area contributed by atoms with Crippen molar-refractivity contribution in [1.29, 1.82) is 0 Å². The first-order valence-corrected chi connectivity index (χ1v) is 3.92. The van der Waals surface area contributed by atoms with E-state index in [1.165, 1.54) is 5.92 Å². The highest BCUT2D eigenvalue weighted by molar-refractivity contribution is 5.48. The zero-order valence-corrected chi connectivity index (χ0v) is 7.58. The van der Waals surface area contributed by atoms with Crippen molar-refractivity contribution in [2.24, 2.45) is 0 Å². The first kappa shape index (κ1) is 12.4. The average molecular weight is 238 g/mol. The van der Waals surface area contributed by atoms with Gasteiger partial charge in [-0.25, -0.2) is 0 Å². The Morgan fingerprint density at radius 3 is 1.50 bits per heavy atom. The molecule has 16 heavy (non-hydrogen) atoms. The fraction of sp³-hybridized carbons (Fsp3) is 0.200. The van der Waals surface area contributed by atoms with Crippen LogP contribution in [0.2, 0.25) is 0 Å². The minimum absolute atomic E-state index is 0.518. The van der Waals surface area contributed by atoms with Gasteiger partial charge in [0.1, 0.15) is 0 Å². The highest BCUT2D eigenvalue weighted by Gasteiger charge is 2.39. The summed E-state index contributed by atoms with van der Waals surface area (Å²) in [5.41, 5.74) is -4.09. The molecule has 0 aliphatic rings. The van der Waals surface area contributed by atoms with E-state index in [4.69, 9.17) is 6.42 Å². The van der Waals surface area contributed by atoms with E-state index in [0.29, 0.717) is 18.2 Å². The smallest absolute Gasteiger partial charge is 0.166 e. The molecule has 0 nitrogen and oxygen atoms in total. The zero-order chi connectivity index (χ0) is 12.6. The Labute approximate surface area is 86.9 Å². The van der Waals surface area contributed by atoms with Crippen LogP contribution >= 0.6 is 0 Å². The molecular formula is C10H4F6. The van der Waals surface area contributed by atoms with Crippen LogP contribution in [0.1, 0.15) is 16.7 Å². The number of halogens is 6. The summed E-state index contributed by atoms with van der Waals surface area (Å²) < 4.78 is 74.0. The summed E-state index contributed by atoms with van der Waals surface area (Å²) in [4.78, 5) is 0. The molecule has 0 unspecified atom stereocenters. The zero-order valence-electron chi connectivity index (χ0n) is 7.58. The van der Waals surface area contributed by atoms with Gasteiger partial charge in [0, 0.05) is 5.56 Å². The molecule has 1 aromatic rings. The van der Waals surface area contributed by atoms with Crippen molar-refractivity contribution in [2.75, 3.05) is 0 Å². The maximum atomic E-state index is 12.3. The molecule has 0 saturated heterocycles. The minimum atomic E-state index is -4.90. The third kappa shape index (κ3) is 2.30. The molecule has 0 aliphatic carbocycles. The van der Waals surface area contributed by atoms with Gasteiger partial charge in [0.15, 0.2) is 0 Å². The first-order chi connectivity index (χ1) is 7.18. The molecule has 0 amide bonds. The highest BCUT2D eigenvalue weighted by Crippen LogP contribution is 2.38. The Kier molecular flexibility index (Phi) is 2.91. The van der Waals surface area contributed by atoms with Crippen molar-refractivity contribution >= 4 is 0 Å². The summed E-state index contributed by atoms with van der Waals surface area (Å²) >= 11 is 0. The molecule has 0 heterocycles. The molecule has 1 rings (SSSR count). The molecule has 0 radical (unpaired) electrons. The van der Waals surface area contributed by atoms with E-state index in [1.807, 2.05) is 0 Å². The lowest BCUT2D eigenvalue weighted by molar-refractivity contribution is -0.143. The molecule has 0 spiro atoms. The standard InChI is InChI=1S/C10H4F6/c1-2-6-7(9(11,12)13)4-3-5-8(6)10(14,15)16/h1,3-5H. The van der Waals surface area contributed by atoms with Gasteiger partial charge in [0.2, 0.25) is 0 Å². The molecule has 0 aromatic heterocycles. The van der Waals surface area contributed by atoms with E-state index in [2.05, 4.69) is 0 Å². The fourth-order valence-corrected chi connectivity index (χ4v) is 1.18. The van der Waals surface area contributed by atoms with Crippen molar-refractivity contribution in [3.8, 4) is 12.3 Å². The quantitative estimate of drug-likeness (QED) is 0.477. The van der Waals surface area contributed by atoms with Crippen LogP contribution in [0.25, 0.3) is 0 Å². The third-order valence-electron chi connectivity index (χ3n) is 1.82. The highest BCUT2D eigenvalue weighted by atomic mass is 19.4. The Hall–Kier alpha value is -1.64. The molecule has 6 heteroatoms. The topological polar surface area (TPSA) is 0 Å². The minimum Gasteiger partial charge on any atom is -0.166 e. The number of alkyl halides is 6. The van der Waals surface area contributed by atoms with Crippen LogP contribution in [0.4, 0.5) is 26.3 Å². The molecule has 0 saturated carbocycles. The van der Waals surface area contributed by atoms with Crippen molar-refractivity contribution < 1.29 is 26.3 Å². The van der Waals surface area contributed by atoms with Gasteiger partial charge in [-0.05, 0) is 12.1 Å². The summed E-state index contributed by atoms with van der Waals surface area (Å²) in [6.07, 6.45) is -5.10. The molecular weight excluding hydrogens is 234 g/mol. The molecule has 1 aromatic carbocycles. The maximum Gasteiger partial charge on any atom is 0.417 e. The Bertz CT molecular complexity index is 400. The largest absolute Gasteiger partial charge is 0.417 e.